The molecule has 0 atom stereocenters. The van der Waals surface area contributed by atoms with Gasteiger partial charge in [0.15, 0.2) is 0 Å². The zero-order valence-corrected chi connectivity index (χ0v) is 17.4. The molecular formula is C23H28N4O3. The maximum atomic E-state index is 9.55. The minimum Gasteiger partial charge on any atom is -0.394 e. The average molecular weight is 409 g/mol. The lowest BCUT2D eigenvalue weighted by molar-refractivity contribution is 0.125. The van der Waals surface area contributed by atoms with E-state index in [4.69, 9.17) is 10.3 Å². The van der Waals surface area contributed by atoms with Crippen molar-refractivity contribution in [2.45, 2.75) is 32.2 Å². The van der Waals surface area contributed by atoms with E-state index in [1.54, 1.807) is 0 Å². The lowest BCUT2D eigenvalue weighted by Gasteiger charge is -2.31. The smallest absolute Gasteiger partial charge is 0.258 e. The fourth-order valence-corrected chi connectivity index (χ4v) is 4.08. The van der Waals surface area contributed by atoms with Crippen molar-refractivity contribution in [3.05, 3.63) is 53.1 Å². The van der Waals surface area contributed by atoms with Gasteiger partial charge >= 0.3 is 0 Å². The van der Waals surface area contributed by atoms with Crippen LogP contribution in [-0.4, -0.2) is 52.2 Å². The maximum absolute atomic E-state index is 9.55. The summed E-state index contributed by atoms with van der Waals surface area (Å²) in [5.74, 6) is 1.06. The lowest BCUT2D eigenvalue weighted by Crippen LogP contribution is -2.55. The Hall–Kier alpha value is -2.74. The molecule has 0 aliphatic carbocycles. The summed E-state index contributed by atoms with van der Waals surface area (Å²) in [6, 6.07) is 12.2. The molecule has 0 spiro atoms. The number of benzene rings is 2. The Bertz CT molecular complexity index is 1040. The van der Waals surface area contributed by atoms with Gasteiger partial charge in [0.25, 0.3) is 5.89 Å². The first-order valence-corrected chi connectivity index (χ1v) is 10.3. The molecule has 0 amide bonds. The predicted molar refractivity (Wildman–Crippen MR) is 116 cm³/mol. The van der Waals surface area contributed by atoms with Gasteiger partial charge in [-0.25, -0.2) is 0 Å². The minimum absolute atomic E-state index is 0.278. The summed E-state index contributed by atoms with van der Waals surface area (Å²) in [7, 11) is 0. The van der Waals surface area contributed by atoms with Crippen LogP contribution in [0.3, 0.4) is 0 Å². The molecular weight excluding hydrogens is 380 g/mol. The largest absolute Gasteiger partial charge is 0.394 e. The van der Waals surface area contributed by atoms with Crippen molar-refractivity contribution in [2.24, 2.45) is 5.73 Å². The third-order valence-electron chi connectivity index (χ3n) is 5.90. The van der Waals surface area contributed by atoms with Crippen LogP contribution in [0.2, 0.25) is 0 Å². The van der Waals surface area contributed by atoms with Crippen molar-refractivity contribution >= 4 is 5.69 Å². The summed E-state index contributed by atoms with van der Waals surface area (Å²) in [5.41, 5.74) is 11.6. The monoisotopic (exact) mass is 408 g/mol. The molecule has 7 heteroatoms. The van der Waals surface area contributed by atoms with E-state index >= 15 is 0 Å². The second kappa shape index (κ2) is 8.18. The molecule has 30 heavy (non-hydrogen) atoms. The van der Waals surface area contributed by atoms with Gasteiger partial charge in [-0.05, 0) is 54.7 Å². The summed E-state index contributed by atoms with van der Waals surface area (Å²) >= 11 is 0. The third kappa shape index (κ3) is 3.71. The van der Waals surface area contributed by atoms with Crippen LogP contribution in [0.1, 0.15) is 23.6 Å². The number of fused-ring (bicyclic) bond motifs is 1. The van der Waals surface area contributed by atoms with Gasteiger partial charge in [-0.3, -0.25) is 0 Å². The van der Waals surface area contributed by atoms with E-state index < -0.39 is 5.54 Å². The van der Waals surface area contributed by atoms with E-state index in [-0.39, 0.29) is 13.2 Å². The number of hydrogen-bond acceptors (Lipinski definition) is 7. The van der Waals surface area contributed by atoms with Crippen LogP contribution < -0.4 is 10.6 Å². The van der Waals surface area contributed by atoms with Crippen LogP contribution in [-0.2, 0) is 12.8 Å². The van der Waals surface area contributed by atoms with Gasteiger partial charge < -0.3 is 25.4 Å². The van der Waals surface area contributed by atoms with Gasteiger partial charge in [0, 0.05) is 29.9 Å². The first-order chi connectivity index (χ1) is 14.5. The third-order valence-corrected chi connectivity index (χ3v) is 5.90. The molecule has 0 fully saturated rings. The molecule has 0 saturated carbocycles. The minimum atomic E-state index is -1.04. The number of nitrogens with zero attached hydrogens (tertiary/aromatic N) is 3. The zero-order valence-electron chi connectivity index (χ0n) is 17.4. The zero-order chi connectivity index (χ0) is 21.3. The van der Waals surface area contributed by atoms with Crippen LogP contribution in [0, 0.1) is 6.92 Å². The Balaban J connectivity index is 1.64. The molecule has 0 unspecified atom stereocenters. The van der Waals surface area contributed by atoms with Gasteiger partial charge in [-0.1, -0.05) is 30.3 Å². The highest BCUT2D eigenvalue weighted by atomic mass is 16.5. The maximum Gasteiger partial charge on any atom is 0.258 e. The van der Waals surface area contributed by atoms with E-state index in [1.165, 1.54) is 11.1 Å². The number of anilines is 1. The lowest BCUT2D eigenvalue weighted by atomic mass is 10.0. The molecule has 2 heterocycles. The standard InChI is InChI=1S/C23H28N4O3/c1-3-16-7-8-17(11-15(16)2)22-25-21(26-30-22)19-5-4-6-20-18(19)9-10-27(20)12-23(24,13-28)14-29/h4-8,11,28-29H,3,9-10,12-14,24H2,1-2H3. The SMILES string of the molecule is CCc1ccc(-c2nc(-c3cccc4c3CCN4CC(N)(CO)CO)no2)cc1C. The number of aliphatic hydroxyl groups excluding tert-OH is 2. The summed E-state index contributed by atoms with van der Waals surface area (Å²) in [5, 5.41) is 23.3. The molecule has 0 saturated heterocycles. The average Bonchev–Trinajstić information content (AvgIpc) is 3.41. The topological polar surface area (TPSA) is 109 Å². The fraction of sp³-hybridized carbons (Fsp3) is 0.391. The van der Waals surface area contributed by atoms with Gasteiger partial charge in [-0.15, -0.1) is 0 Å². The van der Waals surface area contributed by atoms with Crippen LogP contribution in [0.5, 0.6) is 0 Å². The van der Waals surface area contributed by atoms with Gasteiger partial charge in [0.05, 0.1) is 18.8 Å². The first kappa shape index (κ1) is 20.5. The Labute approximate surface area is 176 Å². The van der Waals surface area contributed by atoms with Crippen molar-refractivity contribution in [1.82, 2.24) is 10.1 Å². The Morgan fingerprint density at radius 2 is 2.00 bits per heavy atom. The molecule has 7 nitrogen and oxygen atoms in total. The van der Waals surface area contributed by atoms with Crippen molar-refractivity contribution in [3.63, 3.8) is 0 Å². The Morgan fingerprint density at radius 3 is 2.70 bits per heavy atom. The summed E-state index contributed by atoms with van der Waals surface area (Å²) < 4.78 is 5.57. The Morgan fingerprint density at radius 1 is 1.20 bits per heavy atom. The van der Waals surface area contributed by atoms with Crippen LogP contribution in [0.15, 0.2) is 40.9 Å². The molecule has 0 radical (unpaired) electrons. The number of aryl methyl sites for hydroxylation is 2. The molecule has 1 aliphatic heterocycles. The quantitative estimate of drug-likeness (QED) is 0.550. The second-order valence-electron chi connectivity index (χ2n) is 8.07. The highest BCUT2D eigenvalue weighted by Gasteiger charge is 2.31. The number of aromatic nitrogens is 2. The molecule has 3 aromatic rings. The normalized spacial score (nSPS) is 13.7. The van der Waals surface area contributed by atoms with E-state index in [2.05, 4.69) is 41.0 Å². The van der Waals surface area contributed by atoms with Gasteiger partial charge in [0.1, 0.15) is 0 Å². The van der Waals surface area contributed by atoms with Crippen molar-refractivity contribution in [3.8, 4) is 22.8 Å². The van der Waals surface area contributed by atoms with E-state index in [1.807, 2.05) is 24.3 Å². The number of aliphatic hydroxyl groups is 2. The first-order valence-electron chi connectivity index (χ1n) is 10.3. The molecule has 2 aromatic carbocycles. The molecule has 1 aliphatic rings. The van der Waals surface area contributed by atoms with E-state index in [0.717, 1.165) is 41.8 Å². The molecule has 0 bridgehead atoms. The van der Waals surface area contributed by atoms with Crippen LogP contribution in [0.4, 0.5) is 5.69 Å². The molecule has 158 valence electrons. The highest BCUT2D eigenvalue weighted by molar-refractivity contribution is 5.73. The van der Waals surface area contributed by atoms with Gasteiger partial charge in [0.2, 0.25) is 5.82 Å². The van der Waals surface area contributed by atoms with Crippen molar-refractivity contribution < 1.29 is 14.7 Å². The number of hydrogen-bond donors (Lipinski definition) is 3. The fourth-order valence-electron chi connectivity index (χ4n) is 4.08. The van der Waals surface area contributed by atoms with Crippen molar-refractivity contribution in [2.75, 3.05) is 31.2 Å². The van der Waals surface area contributed by atoms with Crippen LogP contribution in [0.25, 0.3) is 22.8 Å². The van der Waals surface area contributed by atoms with E-state index in [9.17, 15) is 10.2 Å². The highest BCUT2D eigenvalue weighted by Crippen LogP contribution is 2.36. The van der Waals surface area contributed by atoms with E-state index in [0.29, 0.717) is 18.3 Å². The summed E-state index contributed by atoms with van der Waals surface area (Å²) in [4.78, 5) is 6.75. The number of rotatable bonds is 7. The Kier molecular flexibility index (Phi) is 5.60. The molecule has 4 N–H and O–H groups in total. The summed E-state index contributed by atoms with van der Waals surface area (Å²) in [6.07, 6.45) is 1.80. The van der Waals surface area contributed by atoms with Gasteiger partial charge in [-0.2, -0.15) is 4.98 Å². The molecule has 1 aromatic heterocycles. The second-order valence-corrected chi connectivity index (χ2v) is 8.07. The molecule has 4 rings (SSSR count). The summed E-state index contributed by atoms with van der Waals surface area (Å²) in [6.45, 7) is 4.81. The predicted octanol–water partition coefficient (Wildman–Crippen LogP) is 2.32. The number of nitrogens with two attached hydrogens (primary N) is 1. The van der Waals surface area contributed by atoms with Crippen molar-refractivity contribution in [1.29, 1.82) is 0 Å². The van der Waals surface area contributed by atoms with Crippen LogP contribution >= 0.6 is 0 Å².